The molecule has 31 heavy (non-hydrogen) atoms. The average Bonchev–Trinajstić information content (AvgIpc) is 3.33. The Kier molecular flexibility index (Phi) is 5.68. The van der Waals surface area contributed by atoms with Gasteiger partial charge in [-0.3, -0.25) is 20.0 Å². The second-order valence-corrected chi connectivity index (χ2v) is 7.19. The van der Waals surface area contributed by atoms with Gasteiger partial charge in [-0.1, -0.05) is 12.1 Å². The molecule has 1 aliphatic rings. The molecule has 160 valence electrons. The van der Waals surface area contributed by atoms with E-state index in [0.717, 1.165) is 11.1 Å². The highest BCUT2D eigenvalue weighted by Crippen LogP contribution is 2.43. The number of non-ortho nitro benzene ring substituents is 1. The van der Waals surface area contributed by atoms with Crippen molar-refractivity contribution in [2.75, 3.05) is 27.4 Å². The number of carbonyl (C=O) groups excluding carboxylic acids is 1. The van der Waals surface area contributed by atoms with Crippen LogP contribution >= 0.6 is 0 Å². The summed E-state index contributed by atoms with van der Waals surface area (Å²) in [6.07, 6.45) is 0.688. The van der Waals surface area contributed by atoms with Crippen molar-refractivity contribution >= 4 is 11.6 Å². The molecule has 2 aromatic carbocycles. The SMILES string of the molecule is COCCCN1C(=O)c2[nH]nc(-c3ccc([N+](=O)[O-])cc3)c2C1c1cccc(OC)c1. The van der Waals surface area contributed by atoms with E-state index in [0.29, 0.717) is 42.3 Å². The number of nitrogens with one attached hydrogen (secondary N) is 1. The molecule has 3 aromatic rings. The van der Waals surface area contributed by atoms with E-state index in [4.69, 9.17) is 9.47 Å². The van der Waals surface area contributed by atoms with Crippen LogP contribution in [0.4, 0.5) is 5.69 Å². The van der Waals surface area contributed by atoms with E-state index in [1.807, 2.05) is 24.3 Å². The molecule has 9 nitrogen and oxygen atoms in total. The summed E-state index contributed by atoms with van der Waals surface area (Å²) in [5.74, 6) is 0.551. The van der Waals surface area contributed by atoms with Gasteiger partial charge in [-0.2, -0.15) is 5.10 Å². The fraction of sp³-hybridized carbons (Fsp3) is 0.273. The number of methoxy groups -OCH3 is 2. The Morgan fingerprint density at radius 2 is 1.97 bits per heavy atom. The zero-order valence-corrected chi connectivity index (χ0v) is 17.2. The predicted octanol–water partition coefficient (Wildman–Crippen LogP) is 3.58. The summed E-state index contributed by atoms with van der Waals surface area (Å²) < 4.78 is 10.5. The van der Waals surface area contributed by atoms with Crippen LogP contribution < -0.4 is 4.74 Å². The minimum absolute atomic E-state index is 0.00227. The summed E-state index contributed by atoms with van der Waals surface area (Å²) in [5.41, 5.74) is 3.37. The average molecular weight is 422 g/mol. The summed E-state index contributed by atoms with van der Waals surface area (Å²) in [6.45, 7) is 1.05. The monoisotopic (exact) mass is 422 g/mol. The van der Waals surface area contributed by atoms with Crippen LogP contribution in [0.25, 0.3) is 11.3 Å². The first-order valence-electron chi connectivity index (χ1n) is 9.82. The number of amides is 1. The zero-order valence-electron chi connectivity index (χ0n) is 17.2. The zero-order chi connectivity index (χ0) is 22.0. The number of benzene rings is 2. The molecule has 1 amide bonds. The molecule has 1 aromatic heterocycles. The molecule has 0 saturated heterocycles. The lowest BCUT2D eigenvalue weighted by molar-refractivity contribution is -0.384. The standard InChI is InChI=1S/C22H22N4O5/c1-30-12-4-11-25-21(15-5-3-6-17(13-15)31-2)18-19(23-24-20(18)22(25)27)14-7-9-16(10-8-14)26(28)29/h3,5-10,13,21H,4,11-12H2,1-2H3,(H,23,24). The molecule has 0 saturated carbocycles. The van der Waals surface area contributed by atoms with Gasteiger partial charge in [0.25, 0.3) is 11.6 Å². The molecule has 0 radical (unpaired) electrons. The van der Waals surface area contributed by atoms with E-state index in [2.05, 4.69) is 10.2 Å². The van der Waals surface area contributed by atoms with Crippen LogP contribution in [0.3, 0.4) is 0 Å². The van der Waals surface area contributed by atoms with Crippen molar-refractivity contribution in [1.29, 1.82) is 0 Å². The van der Waals surface area contributed by atoms with E-state index in [1.165, 1.54) is 12.1 Å². The second-order valence-electron chi connectivity index (χ2n) is 7.19. The van der Waals surface area contributed by atoms with Crippen molar-refractivity contribution in [2.45, 2.75) is 12.5 Å². The van der Waals surface area contributed by atoms with Gasteiger partial charge in [-0.25, -0.2) is 0 Å². The summed E-state index contributed by atoms with van der Waals surface area (Å²) in [6, 6.07) is 13.4. The van der Waals surface area contributed by atoms with Gasteiger partial charge in [-0.15, -0.1) is 0 Å². The van der Waals surface area contributed by atoms with Crippen molar-refractivity contribution in [1.82, 2.24) is 15.1 Å². The number of rotatable bonds is 8. The van der Waals surface area contributed by atoms with Gasteiger partial charge < -0.3 is 14.4 Å². The van der Waals surface area contributed by atoms with Gasteiger partial charge in [0.2, 0.25) is 0 Å². The molecule has 0 fully saturated rings. The summed E-state index contributed by atoms with van der Waals surface area (Å²) in [7, 11) is 3.23. The number of fused-ring (bicyclic) bond motifs is 1. The normalized spacial score (nSPS) is 15.2. The van der Waals surface area contributed by atoms with Crippen LogP contribution in [0.2, 0.25) is 0 Å². The first-order chi connectivity index (χ1) is 15.0. The fourth-order valence-electron chi connectivity index (χ4n) is 3.93. The van der Waals surface area contributed by atoms with Crippen molar-refractivity contribution in [3.05, 3.63) is 75.5 Å². The van der Waals surface area contributed by atoms with Gasteiger partial charge in [0.1, 0.15) is 11.4 Å². The smallest absolute Gasteiger partial charge is 0.273 e. The third kappa shape index (κ3) is 3.75. The highest BCUT2D eigenvalue weighted by Gasteiger charge is 2.42. The summed E-state index contributed by atoms with van der Waals surface area (Å²) in [5, 5.41) is 18.3. The van der Waals surface area contributed by atoms with Crippen molar-refractivity contribution < 1.29 is 19.2 Å². The lowest BCUT2D eigenvalue weighted by atomic mass is 9.95. The first-order valence-corrected chi connectivity index (χ1v) is 9.82. The maximum Gasteiger partial charge on any atom is 0.273 e. The molecule has 4 rings (SSSR count). The van der Waals surface area contributed by atoms with Crippen molar-refractivity contribution in [2.24, 2.45) is 0 Å². The number of aromatic amines is 1. The van der Waals surface area contributed by atoms with E-state index in [-0.39, 0.29) is 17.6 Å². The minimum atomic E-state index is -0.446. The predicted molar refractivity (Wildman–Crippen MR) is 113 cm³/mol. The Morgan fingerprint density at radius 3 is 2.65 bits per heavy atom. The van der Waals surface area contributed by atoms with Gasteiger partial charge in [-0.05, 0) is 36.2 Å². The molecular formula is C22H22N4O5. The maximum absolute atomic E-state index is 13.2. The second kappa shape index (κ2) is 8.57. The number of ether oxygens (including phenoxy) is 2. The number of nitro benzene ring substituents is 1. The fourth-order valence-corrected chi connectivity index (χ4v) is 3.93. The molecule has 1 aliphatic heterocycles. The third-order valence-corrected chi connectivity index (χ3v) is 5.37. The van der Waals surface area contributed by atoms with Gasteiger partial charge in [0, 0.05) is 43.5 Å². The highest BCUT2D eigenvalue weighted by molar-refractivity contribution is 6.00. The van der Waals surface area contributed by atoms with Crippen LogP contribution in [0.5, 0.6) is 5.75 Å². The van der Waals surface area contributed by atoms with Crippen LogP contribution in [-0.2, 0) is 4.74 Å². The van der Waals surface area contributed by atoms with Gasteiger partial charge in [0.15, 0.2) is 0 Å². The van der Waals surface area contributed by atoms with Crippen LogP contribution in [0.15, 0.2) is 48.5 Å². The number of carbonyl (C=O) groups is 1. The molecule has 0 aliphatic carbocycles. The lowest BCUT2D eigenvalue weighted by Gasteiger charge is -2.26. The Morgan fingerprint density at radius 1 is 1.19 bits per heavy atom. The van der Waals surface area contributed by atoms with Crippen LogP contribution in [-0.4, -0.2) is 53.3 Å². The van der Waals surface area contributed by atoms with E-state index in [1.54, 1.807) is 31.3 Å². The molecule has 1 atom stereocenters. The largest absolute Gasteiger partial charge is 0.497 e. The van der Waals surface area contributed by atoms with Crippen molar-refractivity contribution in [3.63, 3.8) is 0 Å². The van der Waals surface area contributed by atoms with Crippen LogP contribution in [0.1, 0.15) is 34.1 Å². The molecule has 2 heterocycles. The molecule has 1 N–H and O–H groups in total. The Labute approximate surface area is 178 Å². The number of hydrogen-bond donors (Lipinski definition) is 1. The Bertz CT molecular complexity index is 1110. The molecule has 1 unspecified atom stereocenters. The first kappa shape index (κ1) is 20.5. The van der Waals surface area contributed by atoms with E-state index < -0.39 is 4.92 Å². The quantitative estimate of drug-likeness (QED) is 0.337. The maximum atomic E-state index is 13.2. The molecule has 0 spiro atoms. The number of nitro groups is 1. The molecular weight excluding hydrogens is 400 g/mol. The Hall–Kier alpha value is -3.72. The topological polar surface area (TPSA) is 111 Å². The van der Waals surface area contributed by atoms with Crippen LogP contribution in [0, 0.1) is 10.1 Å². The minimum Gasteiger partial charge on any atom is -0.497 e. The van der Waals surface area contributed by atoms with E-state index >= 15 is 0 Å². The molecule has 9 heteroatoms. The van der Waals surface area contributed by atoms with Gasteiger partial charge in [0.05, 0.1) is 23.8 Å². The summed E-state index contributed by atoms with van der Waals surface area (Å²) >= 11 is 0. The highest BCUT2D eigenvalue weighted by atomic mass is 16.6. The Balaban J connectivity index is 1.80. The molecule has 0 bridgehead atoms. The lowest BCUT2D eigenvalue weighted by Crippen LogP contribution is -2.31. The van der Waals surface area contributed by atoms with E-state index in [9.17, 15) is 14.9 Å². The number of H-pyrrole nitrogens is 1. The number of aromatic nitrogens is 2. The van der Waals surface area contributed by atoms with Gasteiger partial charge >= 0.3 is 0 Å². The number of hydrogen-bond acceptors (Lipinski definition) is 6. The third-order valence-electron chi connectivity index (χ3n) is 5.37. The summed E-state index contributed by atoms with van der Waals surface area (Å²) in [4.78, 5) is 25.6. The van der Waals surface area contributed by atoms with Crippen molar-refractivity contribution in [3.8, 4) is 17.0 Å². The number of nitrogens with zero attached hydrogens (tertiary/aromatic N) is 3.